The first kappa shape index (κ1) is 8.17. The maximum absolute atomic E-state index is 8.88. The standard InChI is InChI=1S/C8H12N2O/c1-9-8(6-11)7-4-2-3-5-10-7/h2-5,8-9,11H,6H2,1H3/t8-/m0/s1. The summed E-state index contributed by atoms with van der Waals surface area (Å²) in [4.78, 5) is 4.10. The molecule has 0 spiro atoms. The average Bonchev–Trinajstić information content (AvgIpc) is 2.09. The highest BCUT2D eigenvalue weighted by molar-refractivity contribution is 5.08. The predicted molar refractivity (Wildman–Crippen MR) is 43.1 cm³/mol. The summed E-state index contributed by atoms with van der Waals surface area (Å²) in [6, 6.07) is 5.60. The van der Waals surface area contributed by atoms with Gasteiger partial charge in [-0.05, 0) is 19.2 Å². The second kappa shape index (κ2) is 4.05. The fourth-order valence-corrected chi connectivity index (χ4v) is 0.915. The molecule has 2 N–H and O–H groups in total. The lowest BCUT2D eigenvalue weighted by Gasteiger charge is -2.10. The van der Waals surface area contributed by atoms with Crippen molar-refractivity contribution in [3.05, 3.63) is 30.1 Å². The zero-order valence-corrected chi connectivity index (χ0v) is 6.49. The number of aliphatic hydroxyl groups is 1. The number of rotatable bonds is 3. The number of hydrogen-bond donors (Lipinski definition) is 2. The summed E-state index contributed by atoms with van der Waals surface area (Å²) >= 11 is 0. The molecule has 1 rings (SSSR count). The largest absolute Gasteiger partial charge is 0.394 e. The van der Waals surface area contributed by atoms with E-state index in [4.69, 9.17) is 5.11 Å². The van der Waals surface area contributed by atoms with Crippen molar-refractivity contribution in [1.82, 2.24) is 10.3 Å². The Morgan fingerprint density at radius 2 is 2.45 bits per heavy atom. The van der Waals surface area contributed by atoms with Crippen LogP contribution >= 0.6 is 0 Å². The third kappa shape index (κ3) is 2.00. The van der Waals surface area contributed by atoms with Crippen LogP contribution in [0.15, 0.2) is 24.4 Å². The summed E-state index contributed by atoms with van der Waals surface area (Å²) in [5.41, 5.74) is 0.873. The maximum atomic E-state index is 8.88. The number of nitrogens with zero attached hydrogens (tertiary/aromatic N) is 1. The van der Waals surface area contributed by atoms with Crippen LogP contribution in [0.25, 0.3) is 0 Å². The first-order chi connectivity index (χ1) is 5.38. The van der Waals surface area contributed by atoms with Gasteiger partial charge in [0.25, 0.3) is 0 Å². The molecule has 1 heterocycles. The van der Waals surface area contributed by atoms with Crippen molar-refractivity contribution in [1.29, 1.82) is 0 Å². The highest BCUT2D eigenvalue weighted by atomic mass is 16.3. The molecule has 11 heavy (non-hydrogen) atoms. The molecule has 0 saturated carbocycles. The van der Waals surface area contributed by atoms with Crippen LogP contribution in [0.1, 0.15) is 11.7 Å². The van der Waals surface area contributed by atoms with Gasteiger partial charge in [-0.1, -0.05) is 6.07 Å². The summed E-state index contributed by atoms with van der Waals surface area (Å²) < 4.78 is 0. The van der Waals surface area contributed by atoms with Gasteiger partial charge in [0, 0.05) is 6.20 Å². The normalized spacial score (nSPS) is 12.9. The van der Waals surface area contributed by atoms with Gasteiger partial charge in [-0.3, -0.25) is 4.98 Å². The van der Waals surface area contributed by atoms with Crippen molar-refractivity contribution in [2.75, 3.05) is 13.7 Å². The number of aliphatic hydroxyl groups excluding tert-OH is 1. The highest BCUT2D eigenvalue weighted by Gasteiger charge is 2.06. The number of nitrogens with one attached hydrogen (secondary N) is 1. The summed E-state index contributed by atoms with van der Waals surface area (Å²) in [7, 11) is 1.80. The van der Waals surface area contributed by atoms with E-state index in [1.807, 2.05) is 18.2 Å². The molecule has 1 aromatic heterocycles. The van der Waals surface area contributed by atoms with Crippen molar-refractivity contribution in [3.8, 4) is 0 Å². The fourth-order valence-electron chi connectivity index (χ4n) is 0.915. The van der Waals surface area contributed by atoms with E-state index in [9.17, 15) is 0 Å². The third-order valence-electron chi connectivity index (χ3n) is 1.58. The molecule has 0 aliphatic heterocycles. The lowest BCUT2D eigenvalue weighted by atomic mass is 10.2. The van der Waals surface area contributed by atoms with E-state index >= 15 is 0 Å². The number of pyridine rings is 1. The Labute approximate surface area is 66.1 Å². The lowest BCUT2D eigenvalue weighted by Crippen LogP contribution is -2.20. The zero-order valence-electron chi connectivity index (χ0n) is 6.49. The number of hydrogen-bond acceptors (Lipinski definition) is 3. The molecule has 0 radical (unpaired) electrons. The maximum Gasteiger partial charge on any atom is 0.0727 e. The molecule has 0 aromatic carbocycles. The molecular weight excluding hydrogens is 140 g/mol. The van der Waals surface area contributed by atoms with Crippen LogP contribution in [0.5, 0.6) is 0 Å². The van der Waals surface area contributed by atoms with Gasteiger partial charge in [0.1, 0.15) is 0 Å². The van der Waals surface area contributed by atoms with Gasteiger partial charge >= 0.3 is 0 Å². The number of likely N-dealkylation sites (N-methyl/N-ethyl adjacent to an activating group) is 1. The molecule has 0 unspecified atom stereocenters. The van der Waals surface area contributed by atoms with Gasteiger partial charge in [-0.15, -0.1) is 0 Å². The zero-order chi connectivity index (χ0) is 8.10. The Morgan fingerprint density at radius 1 is 1.64 bits per heavy atom. The van der Waals surface area contributed by atoms with Crippen LogP contribution in [-0.4, -0.2) is 23.7 Å². The molecule has 0 fully saturated rings. The van der Waals surface area contributed by atoms with Gasteiger partial charge in [-0.25, -0.2) is 0 Å². The topological polar surface area (TPSA) is 45.1 Å². The SMILES string of the molecule is CN[C@@H](CO)c1ccccn1. The molecular formula is C8H12N2O. The minimum absolute atomic E-state index is 0.0452. The Hall–Kier alpha value is -0.930. The van der Waals surface area contributed by atoms with Crippen LogP contribution in [0.4, 0.5) is 0 Å². The fraction of sp³-hybridized carbons (Fsp3) is 0.375. The van der Waals surface area contributed by atoms with Crippen molar-refractivity contribution in [2.45, 2.75) is 6.04 Å². The minimum Gasteiger partial charge on any atom is -0.394 e. The molecule has 1 atom stereocenters. The third-order valence-corrected chi connectivity index (χ3v) is 1.58. The van der Waals surface area contributed by atoms with Gasteiger partial charge in [0.05, 0.1) is 18.3 Å². The second-order valence-electron chi connectivity index (χ2n) is 2.28. The monoisotopic (exact) mass is 152 g/mol. The van der Waals surface area contributed by atoms with Crippen LogP contribution < -0.4 is 5.32 Å². The molecule has 60 valence electrons. The molecule has 3 heteroatoms. The summed E-state index contributed by atoms with van der Waals surface area (Å²) in [5.74, 6) is 0. The van der Waals surface area contributed by atoms with E-state index in [1.165, 1.54) is 0 Å². The van der Waals surface area contributed by atoms with Crippen molar-refractivity contribution in [2.24, 2.45) is 0 Å². The summed E-state index contributed by atoms with van der Waals surface area (Å²) in [6.45, 7) is 0.0769. The van der Waals surface area contributed by atoms with Crippen LogP contribution in [0.3, 0.4) is 0 Å². The smallest absolute Gasteiger partial charge is 0.0727 e. The van der Waals surface area contributed by atoms with Crippen molar-refractivity contribution >= 4 is 0 Å². The van der Waals surface area contributed by atoms with Crippen molar-refractivity contribution < 1.29 is 5.11 Å². The quantitative estimate of drug-likeness (QED) is 0.656. The Bertz CT molecular complexity index is 197. The molecule has 0 aliphatic rings. The lowest BCUT2D eigenvalue weighted by molar-refractivity contribution is 0.248. The highest BCUT2D eigenvalue weighted by Crippen LogP contribution is 2.06. The van der Waals surface area contributed by atoms with Gasteiger partial charge in [0.15, 0.2) is 0 Å². The summed E-state index contributed by atoms with van der Waals surface area (Å²) in [5, 5.41) is 11.8. The Kier molecular flexibility index (Phi) is 3.01. The first-order valence-corrected chi connectivity index (χ1v) is 3.57. The van der Waals surface area contributed by atoms with Gasteiger partial charge < -0.3 is 10.4 Å². The summed E-state index contributed by atoms with van der Waals surface area (Å²) in [6.07, 6.45) is 1.72. The van der Waals surface area contributed by atoms with E-state index < -0.39 is 0 Å². The molecule has 0 amide bonds. The van der Waals surface area contributed by atoms with Crippen LogP contribution in [0.2, 0.25) is 0 Å². The van der Waals surface area contributed by atoms with Gasteiger partial charge in [0.2, 0.25) is 0 Å². The molecule has 0 aliphatic carbocycles. The van der Waals surface area contributed by atoms with Gasteiger partial charge in [-0.2, -0.15) is 0 Å². The average molecular weight is 152 g/mol. The molecule has 3 nitrogen and oxygen atoms in total. The Morgan fingerprint density at radius 3 is 2.91 bits per heavy atom. The molecule has 0 bridgehead atoms. The first-order valence-electron chi connectivity index (χ1n) is 3.57. The van der Waals surface area contributed by atoms with E-state index in [2.05, 4.69) is 10.3 Å². The molecule has 0 saturated heterocycles. The van der Waals surface area contributed by atoms with E-state index in [-0.39, 0.29) is 12.6 Å². The van der Waals surface area contributed by atoms with E-state index in [0.29, 0.717) is 0 Å². The van der Waals surface area contributed by atoms with Crippen molar-refractivity contribution in [3.63, 3.8) is 0 Å². The minimum atomic E-state index is -0.0452. The predicted octanol–water partition coefficient (Wildman–Crippen LogP) is 0.334. The second-order valence-corrected chi connectivity index (χ2v) is 2.28. The van der Waals surface area contributed by atoms with Crippen LogP contribution in [0, 0.1) is 0 Å². The molecule has 1 aromatic rings. The Balaban J connectivity index is 2.74. The van der Waals surface area contributed by atoms with Crippen LogP contribution in [-0.2, 0) is 0 Å². The van der Waals surface area contributed by atoms with E-state index in [1.54, 1.807) is 13.2 Å². The number of aromatic nitrogens is 1. The van der Waals surface area contributed by atoms with E-state index in [0.717, 1.165) is 5.69 Å².